The maximum Gasteiger partial charge on any atom is 0.122 e. The van der Waals surface area contributed by atoms with Crippen LogP contribution >= 0.6 is 24.2 Å². The summed E-state index contributed by atoms with van der Waals surface area (Å²) in [6.45, 7) is 0. The van der Waals surface area contributed by atoms with Gasteiger partial charge < -0.3 is 4.74 Å². The Morgan fingerprint density at radius 1 is 1.36 bits per heavy atom. The molecule has 1 aromatic carbocycles. The molecule has 0 aliphatic carbocycles. The van der Waals surface area contributed by atoms with E-state index in [1.807, 2.05) is 18.2 Å². The van der Waals surface area contributed by atoms with E-state index >= 15 is 0 Å². The van der Waals surface area contributed by atoms with Gasteiger partial charge in [0, 0.05) is 5.02 Å². The van der Waals surface area contributed by atoms with Gasteiger partial charge in [-0.15, -0.1) is 0 Å². The van der Waals surface area contributed by atoms with Crippen molar-refractivity contribution >= 4 is 24.2 Å². The molecule has 0 bridgehead atoms. The lowest BCUT2D eigenvalue weighted by molar-refractivity contribution is 0.409. The van der Waals surface area contributed by atoms with Crippen LogP contribution in [0.4, 0.5) is 0 Å². The standard InChI is InChI=1S/C11H15ClOS/c1-13-11-6-5-10(12)8-9(11)4-2-3-7-14/h5-6,8,14H,2-4,7H2,1H3. The van der Waals surface area contributed by atoms with Crippen LogP contribution in [0.5, 0.6) is 5.75 Å². The van der Waals surface area contributed by atoms with Gasteiger partial charge in [0.25, 0.3) is 0 Å². The maximum atomic E-state index is 5.92. The summed E-state index contributed by atoms with van der Waals surface area (Å²) in [4.78, 5) is 0. The molecule has 0 heterocycles. The van der Waals surface area contributed by atoms with E-state index in [0.717, 1.165) is 35.8 Å². The highest BCUT2D eigenvalue weighted by Gasteiger charge is 2.02. The van der Waals surface area contributed by atoms with Crippen molar-refractivity contribution in [3.63, 3.8) is 0 Å². The van der Waals surface area contributed by atoms with Crippen LogP contribution in [0.1, 0.15) is 18.4 Å². The zero-order chi connectivity index (χ0) is 10.4. The molecular formula is C11H15ClOS. The molecule has 0 radical (unpaired) electrons. The van der Waals surface area contributed by atoms with E-state index in [4.69, 9.17) is 16.3 Å². The fourth-order valence-electron chi connectivity index (χ4n) is 1.37. The summed E-state index contributed by atoms with van der Waals surface area (Å²) in [5.74, 6) is 1.86. The predicted molar refractivity (Wildman–Crippen MR) is 64.8 cm³/mol. The zero-order valence-electron chi connectivity index (χ0n) is 8.29. The molecule has 0 amide bonds. The summed E-state index contributed by atoms with van der Waals surface area (Å²) in [6, 6.07) is 5.74. The highest BCUT2D eigenvalue weighted by atomic mass is 35.5. The molecule has 0 saturated heterocycles. The summed E-state index contributed by atoms with van der Waals surface area (Å²) in [7, 11) is 1.69. The van der Waals surface area contributed by atoms with Crippen LogP contribution < -0.4 is 4.74 Å². The van der Waals surface area contributed by atoms with Crippen LogP contribution in [0, 0.1) is 0 Å². The normalized spacial score (nSPS) is 10.2. The third kappa shape index (κ3) is 3.43. The molecule has 0 aliphatic heterocycles. The second kappa shape index (κ2) is 6.20. The first kappa shape index (κ1) is 11.7. The van der Waals surface area contributed by atoms with E-state index in [9.17, 15) is 0 Å². The molecule has 1 rings (SSSR count). The molecule has 1 aromatic rings. The number of hydrogen-bond donors (Lipinski definition) is 1. The van der Waals surface area contributed by atoms with E-state index in [0.29, 0.717) is 0 Å². The third-order valence-corrected chi connectivity index (χ3v) is 2.65. The first-order chi connectivity index (χ1) is 6.77. The van der Waals surface area contributed by atoms with Crippen LogP contribution in [-0.2, 0) is 6.42 Å². The predicted octanol–water partition coefficient (Wildman–Crippen LogP) is 3.60. The lowest BCUT2D eigenvalue weighted by Gasteiger charge is -2.08. The van der Waals surface area contributed by atoms with Gasteiger partial charge in [0.1, 0.15) is 5.75 Å². The van der Waals surface area contributed by atoms with Crippen LogP contribution in [0.2, 0.25) is 5.02 Å². The minimum Gasteiger partial charge on any atom is -0.496 e. The molecule has 0 aromatic heterocycles. The van der Waals surface area contributed by atoms with Gasteiger partial charge in [-0.1, -0.05) is 11.6 Å². The molecule has 14 heavy (non-hydrogen) atoms. The minimum absolute atomic E-state index is 0.770. The average Bonchev–Trinajstić information content (AvgIpc) is 2.19. The highest BCUT2D eigenvalue weighted by Crippen LogP contribution is 2.24. The van der Waals surface area contributed by atoms with E-state index in [2.05, 4.69) is 12.6 Å². The lowest BCUT2D eigenvalue weighted by Crippen LogP contribution is -1.92. The van der Waals surface area contributed by atoms with Gasteiger partial charge in [0.05, 0.1) is 7.11 Å². The second-order valence-electron chi connectivity index (χ2n) is 3.14. The maximum absolute atomic E-state index is 5.92. The summed E-state index contributed by atoms with van der Waals surface area (Å²) < 4.78 is 5.25. The van der Waals surface area contributed by atoms with Crippen LogP contribution in [-0.4, -0.2) is 12.9 Å². The van der Waals surface area contributed by atoms with E-state index in [1.54, 1.807) is 7.11 Å². The fourth-order valence-corrected chi connectivity index (χ4v) is 1.79. The molecule has 3 heteroatoms. The third-order valence-electron chi connectivity index (χ3n) is 2.10. The molecule has 0 saturated carbocycles. The first-order valence-corrected chi connectivity index (χ1v) is 5.72. The number of unbranched alkanes of at least 4 members (excludes halogenated alkanes) is 1. The quantitative estimate of drug-likeness (QED) is 0.601. The Morgan fingerprint density at radius 3 is 2.79 bits per heavy atom. The van der Waals surface area contributed by atoms with Gasteiger partial charge in [-0.25, -0.2) is 0 Å². The zero-order valence-corrected chi connectivity index (χ0v) is 9.94. The number of halogens is 1. The topological polar surface area (TPSA) is 9.23 Å². The molecule has 0 fully saturated rings. The van der Waals surface area contributed by atoms with Crippen molar-refractivity contribution in [3.05, 3.63) is 28.8 Å². The number of rotatable bonds is 5. The van der Waals surface area contributed by atoms with Crippen molar-refractivity contribution in [1.29, 1.82) is 0 Å². The summed E-state index contributed by atoms with van der Waals surface area (Å²) in [5, 5.41) is 0.770. The van der Waals surface area contributed by atoms with Crippen molar-refractivity contribution in [2.45, 2.75) is 19.3 Å². The van der Waals surface area contributed by atoms with E-state index in [1.165, 1.54) is 5.56 Å². The molecule has 0 spiro atoms. The SMILES string of the molecule is COc1ccc(Cl)cc1CCCCS. The summed E-state index contributed by atoms with van der Waals surface area (Å²) in [5.41, 5.74) is 1.18. The highest BCUT2D eigenvalue weighted by molar-refractivity contribution is 7.80. The Balaban J connectivity index is 2.67. The minimum atomic E-state index is 0.770. The van der Waals surface area contributed by atoms with Gasteiger partial charge in [-0.2, -0.15) is 12.6 Å². The van der Waals surface area contributed by atoms with Crippen LogP contribution in [0.15, 0.2) is 18.2 Å². The van der Waals surface area contributed by atoms with Gasteiger partial charge >= 0.3 is 0 Å². The van der Waals surface area contributed by atoms with Crippen molar-refractivity contribution in [3.8, 4) is 5.75 Å². The number of ether oxygens (including phenoxy) is 1. The van der Waals surface area contributed by atoms with Crippen LogP contribution in [0.3, 0.4) is 0 Å². The molecular weight excluding hydrogens is 216 g/mol. The van der Waals surface area contributed by atoms with Crippen molar-refractivity contribution in [1.82, 2.24) is 0 Å². The van der Waals surface area contributed by atoms with Crippen molar-refractivity contribution in [2.75, 3.05) is 12.9 Å². The molecule has 78 valence electrons. The largest absolute Gasteiger partial charge is 0.496 e. The van der Waals surface area contributed by atoms with Crippen molar-refractivity contribution in [2.24, 2.45) is 0 Å². The Kier molecular flexibility index (Phi) is 5.20. The van der Waals surface area contributed by atoms with E-state index < -0.39 is 0 Å². The molecule has 0 aliphatic rings. The van der Waals surface area contributed by atoms with Gasteiger partial charge in [0.15, 0.2) is 0 Å². The Hall–Kier alpha value is -0.340. The van der Waals surface area contributed by atoms with E-state index in [-0.39, 0.29) is 0 Å². The fraction of sp³-hybridized carbons (Fsp3) is 0.455. The number of methoxy groups -OCH3 is 1. The van der Waals surface area contributed by atoms with Gasteiger partial charge in [-0.3, -0.25) is 0 Å². The summed E-state index contributed by atoms with van der Waals surface area (Å²) >= 11 is 10.1. The molecule has 0 N–H and O–H groups in total. The first-order valence-electron chi connectivity index (χ1n) is 4.71. The Labute approximate surface area is 95.8 Å². The van der Waals surface area contributed by atoms with Crippen LogP contribution in [0.25, 0.3) is 0 Å². The Bertz CT molecular complexity index is 289. The number of thiol groups is 1. The number of benzene rings is 1. The number of aryl methyl sites for hydroxylation is 1. The van der Waals surface area contributed by atoms with Crippen molar-refractivity contribution < 1.29 is 4.74 Å². The summed E-state index contributed by atoms with van der Waals surface area (Å²) in [6.07, 6.45) is 3.25. The molecule has 0 unspecified atom stereocenters. The Morgan fingerprint density at radius 2 is 2.14 bits per heavy atom. The second-order valence-corrected chi connectivity index (χ2v) is 4.02. The number of hydrogen-bond acceptors (Lipinski definition) is 2. The average molecular weight is 231 g/mol. The monoisotopic (exact) mass is 230 g/mol. The molecule has 0 atom stereocenters. The molecule has 1 nitrogen and oxygen atoms in total. The van der Waals surface area contributed by atoms with Gasteiger partial charge in [-0.05, 0) is 48.8 Å². The lowest BCUT2D eigenvalue weighted by atomic mass is 10.1. The smallest absolute Gasteiger partial charge is 0.122 e. The van der Waals surface area contributed by atoms with Gasteiger partial charge in [0.2, 0.25) is 0 Å².